The highest BCUT2D eigenvalue weighted by atomic mass is 35.5. The van der Waals surface area contributed by atoms with Crippen molar-refractivity contribution in [1.82, 2.24) is 0 Å². The van der Waals surface area contributed by atoms with Crippen molar-refractivity contribution >= 4 is 40.4 Å². The van der Waals surface area contributed by atoms with Crippen LogP contribution in [0.2, 0.25) is 0 Å². The molecule has 18 heavy (non-hydrogen) atoms. The van der Waals surface area contributed by atoms with Crippen LogP contribution in [-0.4, -0.2) is 5.88 Å². The largest absolute Gasteiger partial charge is 0.121 e. The molecule has 0 atom stereocenters. The zero-order valence-corrected chi connectivity index (χ0v) is 11.8. The molecule has 0 saturated carbocycles. The molecule has 0 fully saturated rings. The number of hydrogen-bond donors (Lipinski definition) is 0. The molecular formula is C15H11Cl3. The summed E-state index contributed by atoms with van der Waals surface area (Å²) in [7, 11) is 0. The van der Waals surface area contributed by atoms with Crippen LogP contribution >= 0.6 is 34.8 Å². The zero-order chi connectivity index (χ0) is 13.0. The van der Waals surface area contributed by atoms with Crippen LogP contribution in [0.25, 0.3) is 16.7 Å². The fourth-order valence-corrected chi connectivity index (χ4v) is 2.51. The van der Waals surface area contributed by atoms with E-state index in [-0.39, 0.29) is 4.49 Å². The van der Waals surface area contributed by atoms with Crippen LogP contribution in [0.5, 0.6) is 0 Å². The van der Waals surface area contributed by atoms with E-state index in [2.05, 4.69) is 12.1 Å². The summed E-state index contributed by atoms with van der Waals surface area (Å²) in [5, 5.41) is 0. The lowest BCUT2D eigenvalue weighted by Crippen LogP contribution is -1.87. The van der Waals surface area contributed by atoms with E-state index >= 15 is 0 Å². The second-order valence-electron chi connectivity index (χ2n) is 3.82. The summed E-state index contributed by atoms with van der Waals surface area (Å²) in [6, 6.07) is 18.2. The number of rotatable bonds is 3. The number of halogens is 3. The summed E-state index contributed by atoms with van der Waals surface area (Å²) in [6.07, 6.45) is 0. The molecule has 0 aliphatic carbocycles. The highest BCUT2D eigenvalue weighted by Gasteiger charge is 2.05. The van der Waals surface area contributed by atoms with Gasteiger partial charge in [-0.15, -0.1) is 11.6 Å². The van der Waals surface area contributed by atoms with Crippen molar-refractivity contribution in [3.8, 4) is 11.1 Å². The second kappa shape index (κ2) is 6.29. The van der Waals surface area contributed by atoms with Crippen molar-refractivity contribution in [3.05, 3.63) is 64.7 Å². The summed E-state index contributed by atoms with van der Waals surface area (Å²) in [4.78, 5) is 0. The molecule has 0 aliphatic rings. The van der Waals surface area contributed by atoms with Gasteiger partial charge in [-0.1, -0.05) is 77.8 Å². The Kier molecular flexibility index (Phi) is 4.71. The van der Waals surface area contributed by atoms with Crippen molar-refractivity contribution in [1.29, 1.82) is 0 Å². The average Bonchev–Trinajstić information content (AvgIpc) is 2.41. The molecule has 0 spiro atoms. The number of benzene rings is 2. The topological polar surface area (TPSA) is 0 Å². The van der Waals surface area contributed by atoms with E-state index in [1.807, 2.05) is 42.5 Å². The lowest BCUT2D eigenvalue weighted by atomic mass is 10.0. The number of allylic oxidation sites excluding steroid dienone is 1. The third-order valence-electron chi connectivity index (χ3n) is 2.70. The molecule has 0 unspecified atom stereocenters. The minimum Gasteiger partial charge on any atom is -0.121 e. The first-order chi connectivity index (χ1) is 8.72. The minimum atomic E-state index is 0.220. The van der Waals surface area contributed by atoms with Gasteiger partial charge in [0.1, 0.15) is 4.49 Å². The monoisotopic (exact) mass is 296 g/mol. The predicted octanol–water partition coefficient (Wildman–Crippen LogP) is 5.74. The van der Waals surface area contributed by atoms with Gasteiger partial charge in [0.15, 0.2) is 0 Å². The Labute approximate surface area is 122 Å². The van der Waals surface area contributed by atoms with Gasteiger partial charge in [0.2, 0.25) is 0 Å². The fraction of sp³-hybridized carbons (Fsp3) is 0.0667. The van der Waals surface area contributed by atoms with Gasteiger partial charge in [0.05, 0.1) is 5.88 Å². The Balaban J connectivity index is 2.34. The highest BCUT2D eigenvalue weighted by molar-refractivity contribution is 6.59. The van der Waals surface area contributed by atoms with Crippen molar-refractivity contribution in [2.75, 3.05) is 5.88 Å². The van der Waals surface area contributed by atoms with Crippen LogP contribution in [0.3, 0.4) is 0 Å². The first kappa shape index (κ1) is 13.5. The van der Waals surface area contributed by atoms with Crippen molar-refractivity contribution in [2.24, 2.45) is 0 Å². The molecule has 2 aromatic rings. The second-order valence-corrected chi connectivity index (χ2v) is 5.03. The first-order valence-corrected chi connectivity index (χ1v) is 6.77. The molecule has 0 nitrogen and oxygen atoms in total. The predicted molar refractivity (Wildman–Crippen MR) is 81.2 cm³/mol. The van der Waals surface area contributed by atoms with Crippen LogP contribution < -0.4 is 0 Å². The summed E-state index contributed by atoms with van der Waals surface area (Å²) in [5.41, 5.74) is 4.03. The van der Waals surface area contributed by atoms with E-state index in [0.717, 1.165) is 16.7 Å². The molecule has 0 aromatic heterocycles. The molecule has 0 bridgehead atoms. The molecule has 0 aliphatic heterocycles. The van der Waals surface area contributed by atoms with E-state index in [1.165, 1.54) is 5.56 Å². The van der Waals surface area contributed by atoms with E-state index in [0.29, 0.717) is 5.88 Å². The quantitative estimate of drug-likeness (QED) is 0.634. The van der Waals surface area contributed by atoms with Gasteiger partial charge in [0, 0.05) is 5.57 Å². The third kappa shape index (κ3) is 3.08. The van der Waals surface area contributed by atoms with Crippen LogP contribution in [0.1, 0.15) is 5.56 Å². The maximum absolute atomic E-state index is 5.83. The Bertz CT molecular complexity index is 538. The maximum atomic E-state index is 5.83. The molecular weight excluding hydrogens is 287 g/mol. The van der Waals surface area contributed by atoms with E-state index < -0.39 is 0 Å². The normalized spacial score (nSPS) is 10.2. The standard InChI is InChI=1S/C15H11Cl3/c16-10-14(15(17)18)13-8-6-12(7-9-13)11-4-2-1-3-5-11/h1-9H,10H2. The van der Waals surface area contributed by atoms with Gasteiger partial charge < -0.3 is 0 Å². The summed E-state index contributed by atoms with van der Waals surface area (Å²) in [5.74, 6) is 0.299. The van der Waals surface area contributed by atoms with Crippen molar-refractivity contribution in [2.45, 2.75) is 0 Å². The van der Waals surface area contributed by atoms with Gasteiger partial charge >= 0.3 is 0 Å². The molecule has 2 aromatic carbocycles. The van der Waals surface area contributed by atoms with Gasteiger partial charge in [-0.25, -0.2) is 0 Å². The van der Waals surface area contributed by atoms with E-state index in [4.69, 9.17) is 34.8 Å². The van der Waals surface area contributed by atoms with Gasteiger partial charge in [0.25, 0.3) is 0 Å². The van der Waals surface area contributed by atoms with Crippen molar-refractivity contribution < 1.29 is 0 Å². The zero-order valence-electron chi connectivity index (χ0n) is 9.54. The van der Waals surface area contributed by atoms with Crippen LogP contribution in [-0.2, 0) is 0 Å². The molecule has 0 saturated heterocycles. The Morgan fingerprint density at radius 1 is 0.778 bits per heavy atom. The maximum Gasteiger partial charge on any atom is 0.111 e. The minimum absolute atomic E-state index is 0.220. The van der Waals surface area contributed by atoms with Crippen LogP contribution in [0.15, 0.2) is 59.1 Å². The lowest BCUT2D eigenvalue weighted by Gasteiger charge is -2.06. The Hall–Kier alpha value is -0.950. The van der Waals surface area contributed by atoms with Gasteiger partial charge in [-0.2, -0.15) is 0 Å². The Morgan fingerprint density at radius 2 is 1.33 bits per heavy atom. The number of alkyl halides is 1. The summed E-state index contributed by atoms with van der Waals surface area (Å²) >= 11 is 17.4. The smallest absolute Gasteiger partial charge is 0.111 e. The fourth-order valence-electron chi connectivity index (χ4n) is 1.73. The Morgan fingerprint density at radius 3 is 1.83 bits per heavy atom. The van der Waals surface area contributed by atoms with Crippen LogP contribution in [0.4, 0.5) is 0 Å². The molecule has 2 rings (SSSR count). The summed E-state index contributed by atoms with van der Waals surface area (Å²) < 4.78 is 0.220. The average molecular weight is 298 g/mol. The first-order valence-electron chi connectivity index (χ1n) is 5.48. The lowest BCUT2D eigenvalue weighted by molar-refractivity contribution is 1.55. The summed E-state index contributed by atoms with van der Waals surface area (Å²) in [6.45, 7) is 0. The molecule has 0 heterocycles. The molecule has 0 N–H and O–H groups in total. The third-order valence-corrected chi connectivity index (χ3v) is 3.43. The molecule has 3 heteroatoms. The van der Waals surface area contributed by atoms with E-state index in [9.17, 15) is 0 Å². The number of hydrogen-bond acceptors (Lipinski definition) is 0. The molecule has 92 valence electrons. The van der Waals surface area contributed by atoms with Crippen LogP contribution in [0, 0.1) is 0 Å². The molecule has 0 amide bonds. The SMILES string of the molecule is ClCC(=C(Cl)Cl)c1ccc(-c2ccccc2)cc1. The van der Waals surface area contributed by atoms with Gasteiger partial charge in [-0.3, -0.25) is 0 Å². The van der Waals surface area contributed by atoms with E-state index in [1.54, 1.807) is 0 Å². The van der Waals surface area contributed by atoms with Gasteiger partial charge in [-0.05, 0) is 16.7 Å². The van der Waals surface area contributed by atoms with Crippen molar-refractivity contribution in [3.63, 3.8) is 0 Å². The highest BCUT2D eigenvalue weighted by Crippen LogP contribution is 2.27. The molecule has 0 radical (unpaired) electrons.